The van der Waals surface area contributed by atoms with Crippen LogP contribution < -0.4 is 11.3 Å². The van der Waals surface area contributed by atoms with Gasteiger partial charge in [0.25, 0.3) is 5.56 Å². The van der Waals surface area contributed by atoms with Crippen LogP contribution in [0.1, 0.15) is 13.3 Å². The number of nitrogens with two attached hydrogens (primary N) is 1. The number of ether oxygens (including phenoxy) is 1. The van der Waals surface area contributed by atoms with Crippen LogP contribution in [0.15, 0.2) is 16.7 Å². The first-order valence-corrected chi connectivity index (χ1v) is 7.70. The molecule has 3 rings (SSSR count). The molecule has 1 aliphatic rings. The molecule has 1 fully saturated rings. The lowest BCUT2D eigenvalue weighted by Crippen LogP contribution is -2.18. The molecule has 0 unspecified atom stereocenters. The van der Waals surface area contributed by atoms with Crippen LogP contribution in [-0.4, -0.2) is 38.7 Å². The van der Waals surface area contributed by atoms with E-state index in [0.29, 0.717) is 12.1 Å². The van der Waals surface area contributed by atoms with E-state index < -0.39 is 25.6 Å². The number of esters is 1. The lowest BCUT2D eigenvalue weighted by Gasteiger charge is -2.12. The molecule has 1 aliphatic carbocycles. The van der Waals surface area contributed by atoms with Crippen molar-refractivity contribution in [2.75, 3.05) is 18.9 Å². The fourth-order valence-corrected chi connectivity index (χ4v) is 2.73. The van der Waals surface area contributed by atoms with E-state index in [2.05, 4.69) is 15.0 Å². The average Bonchev–Trinajstić information content (AvgIpc) is 3.05. The summed E-state index contributed by atoms with van der Waals surface area (Å²) < 4.78 is 22.1. The minimum Gasteiger partial charge on any atom is -0.465 e. The van der Waals surface area contributed by atoms with E-state index in [-0.39, 0.29) is 24.7 Å². The normalized spacial score (nSPS) is 21.5. The van der Waals surface area contributed by atoms with Crippen molar-refractivity contribution in [2.24, 2.45) is 5.41 Å². The van der Waals surface area contributed by atoms with Gasteiger partial charge in [0.05, 0.1) is 12.0 Å². The molecular weight excluding hydrogens is 337 g/mol. The van der Waals surface area contributed by atoms with Crippen molar-refractivity contribution in [3.05, 3.63) is 22.3 Å². The SMILES string of the molecule is CC(=O)OC[C@]1(COP=O)C/C1=C/n1cnc2c(=O)[nH]c(N)nc21. The molecule has 3 N–H and O–H groups in total. The molecule has 126 valence electrons. The Bertz CT molecular complexity index is 904. The van der Waals surface area contributed by atoms with Gasteiger partial charge < -0.3 is 10.5 Å². The highest BCUT2D eigenvalue weighted by Gasteiger charge is 2.50. The Kier molecular flexibility index (Phi) is 4.16. The van der Waals surface area contributed by atoms with Crippen LogP contribution in [0.4, 0.5) is 5.95 Å². The minimum atomic E-state index is -0.535. The number of carbonyl (C=O) groups excluding carboxylic acids is 1. The number of rotatable bonds is 6. The van der Waals surface area contributed by atoms with Gasteiger partial charge in [0.1, 0.15) is 12.9 Å². The summed E-state index contributed by atoms with van der Waals surface area (Å²) in [6.07, 6.45) is 3.77. The number of nitrogens with zero attached hydrogens (tertiary/aromatic N) is 3. The van der Waals surface area contributed by atoms with E-state index in [1.54, 1.807) is 10.8 Å². The van der Waals surface area contributed by atoms with Crippen LogP contribution in [0.3, 0.4) is 0 Å². The standard InChI is InChI=1S/C13H14N5O5P/c1-7(19)22-4-13(5-23-24-21)2-8(13)3-18-6-15-9-10(18)16-12(14)17-11(9)20/h3,6H,2,4-5H2,1H3,(H3,14,16,17,20)/b8-3-/t13-/m0/s1. The summed E-state index contributed by atoms with van der Waals surface area (Å²) in [5.41, 5.74) is 5.98. The summed E-state index contributed by atoms with van der Waals surface area (Å²) in [5.74, 6) is -0.419. The number of nitrogens with one attached hydrogen (secondary N) is 1. The maximum Gasteiger partial charge on any atom is 0.327 e. The zero-order chi connectivity index (χ0) is 17.3. The first-order valence-electron chi connectivity index (χ1n) is 6.97. The fraction of sp³-hybridized carbons (Fsp3) is 0.385. The molecule has 11 heteroatoms. The first kappa shape index (κ1) is 16.3. The quantitative estimate of drug-likeness (QED) is 0.572. The van der Waals surface area contributed by atoms with Gasteiger partial charge in [-0.25, -0.2) is 9.55 Å². The predicted molar refractivity (Wildman–Crippen MR) is 84.1 cm³/mol. The molecule has 0 saturated heterocycles. The van der Waals surface area contributed by atoms with Crippen LogP contribution >= 0.6 is 8.69 Å². The molecular formula is C13H14N5O5P. The summed E-state index contributed by atoms with van der Waals surface area (Å²) in [6, 6.07) is 0. The number of aromatic nitrogens is 4. The second-order valence-corrected chi connectivity index (χ2v) is 5.92. The van der Waals surface area contributed by atoms with Gasteiger partial charge in [0, 0.05) is 13.1 Å². The van der Waals surface area contributed by atoms with Crippen LogP contribution in [-0.2, 0) is 18.6 Å². The number of imidazole rings is 1. The van der Waals surface area contributed by atoms with Gasteiger partial charge >= 0.3 is 14.7 Å². The fourth-order valence-electron chi connectivity index (χ4n) is 2.43. The van der Waals surface area contributed by atoms with Crippen molar-refractivity contribution in [1.82, 2.24) is 19.5 Å². The number of aromatic amines is 1. The van der Waals surface area contributed by atoms with Gasteiger partial charge in [-0.3, -0.25) is 23.7 Å². The topological polar surface area (TPSA) is 142 Å². The molecule has 2 aromatic heterocycles. The molecule has 1 atom stereocenters. The maximum atomic E-state index is 11.8. The third kappa shape index (κ3) is 3.06. The van der Waals surface area contributed by atoms with Crippen molar-refractivity contribution in [2.45, 2.75) is 13.3 Å². The second-order valence-electron chi connectivity index (χ2n) is 5.51. The molecule has 0 aliphatic heterocycles. The highest BCUT2D eigenvalue weighted by atomic mass is 31.1. The Morgan fingerprint density at radius 1 is 1.58 bits per heavy atom. The lowest BCUT2D eigenvalue weighted by molar-refractivity contribution is -0.142. The van der Waals surface area contributed by atoms with Crippen molar-refractivity contribution < 1.29 is 18.6 Å². The largest absolute Gasteiger partial charge is 0.465 e. The van der Waals surface area contributed by atoms with Crippen LogP contribution in [0.2, 0.25) is 0 Å². The molecule has 1 saturated carbocycles. The van der Waals surface area contributed by atoms with Gasteiger partial charge in [-0.05, 0) is 12.0 Å². The lowest BCUT2D eigenvalue weighted by atomic mass is 10.1. The van der Waals surface area contributed by atoms with Gasteiger partial charge in [-0.15, -0.1) is 0 Å². The second kappa shape index (κ2) is 6.14. The summed E-state index contributed by atoms with van der Waals surface area (Å²) in [7, 11) is -0.444. The number of nitrogen functional groups attached to an aromatic ring is 1. The Morgan fingerprint density at radius 3 is 3.08 bits per heavy atom. The molecule has 2 heterocycles. The number of hydrogen-bond acceptors (Lipinski definition) is 8. The Labute approximate surface area is 137 Å². The van der Waals surface area contributed by atoms with Gasteiger partial charge in [0.2, 0.25) is 5.95 Å². The maximum absolute atomic E-state index is 11.8. The van der Waals surface area contributed by atoms with Crippen LogP contribution in [0.5, 0.6) is 0 Å². The molecule has 0 bridgehead atoms. The van der Waals surface area contributed by atoms with Gasteiger partial charge in [0.15, 0.2) is 11.2 Å². The van der Waals surface area contributed by atoms with E-state index >= 15 is 0 Å². The molecule has 0 aromatic carbocycles. The van der Waals surface area contributed by atoms with E-state index in [9.17, 15) is 14.2 Å². The van der Waals surface area contributed by atoms with E-state index in [4.69, 9.17) is 15.0 Å². The van der Waals surface area contributed by atoms with Crippen LogP contribution in [0, 0.1) is 5.41 Å². The Balaban J connectivity index is 1.92. The molecule has 24 heavy (non-hydrogen) atoms. The minimum absolute atomic E-state index is 0.0110. The number of hydrogen-bond donors (Lipinski definition) is 2. The average molecular weight is 351 g/mol. The highest BCUT2D eigenvalue weighted by Crippen LogP contribution is 2.53. The molecule has 0 amide bonds. The van der Waals surface area contributed by atoms with E-state index in [0.717, 1.165) is 5.57 Å². The van der Waals surface area contributed by atoms with E-state index in [1.807, 2.05) is 0 Å². The van der Waals surface area contributed by atoms with Crippen molar-refractivity contribution in [1.29, 1.82) is 0 Å². The Morgan fingerprint density at radius 2 is 2.38 bits per heavy atom. The monoisotopic (exact) mass is 351 g/mol. The zero-order valence-corrected chi connectivity index (χ0v) is 13.6. The first-order chi connectivity index (χ1) is 11.4. The van der Waals surface area contributed by atoms with Gasteiger partial charge in [-0.1, -0.05) is 0 Å². The third-order valence-electron chi connectivity index (χ3n) is 3.78. The predicted octanol–water partition coefficient (Wildman–Crippen LogP) is 0.719. The van der Waals surface area contributed by atoms with Crippen molar-refractivity contribution >= 4 is 38.0 Å². The van der Waals surface area contributed by atoms with Crippen LogP contribution in [0.25, 0.3) is 17.4 Å². The van der Waals surface area contributed by atoms with E-state index in [1.165, 1.54) is 13.3 Å². The number of carbonyl (C=O) groups is 1. The molecule has 0 radical (unpaired) electrons. The smallest absolute Gasteiger partial charge is 0.327 e. The summed E-state index contributed by atoms with van der Waals surface area (Å²) in [4.78, 5) is 33.3. The third-order valence-corrected chi connectivity index (χ3v) is 4.01. The molecule has 2 aromatic rings. The zero-order valence-electron chi connectivity index (χ0n) is 12.7. The van der Waals surface area contributed by atoms with Crippen molar-refractivity contribution in [3.8, 4) is 0 Å². The number of H-pyrrole nitrogens is 1. The summed E-state index contributed by atoms with van der Waals surface area (Å²) in [6.45, 7) is 1.57. The van der Waals surface area contributed by atoms with Gasteiger partial charge in [-0.2, -0.15) is 4.98 Å². The van der Waals surface area contributed by atoms with Crippen molar-refractivity contribution in [3.63, 3.8) is 0 Å². The summed E-state index contributed by atoms with van der Waals surface area (Å²) in [5, 5.41) is 0. The Hall–Kier alpha value is -2.58. The number of fused-ring (bicyclic) bond motifs is 1. The number of anilines is 1. The molecule has 10 nitrogen and oxygen atoms in total. The highest BCUT2D eigenvalue weighted by molar-refractivity contribution is 7.17. The molecule has 0 spiro atoms. The summed E-state index contributed by atoms with van der Waals surface area (Å²) >= 11 is 0.